The van der Waals surface area contributed by atoms with E-state index in [-0.39, 0.29) is 18.2 Å². The van der Waals surface area contributed by atoms with Crippen LogP contribution < -0.4 is 10.6 Å². The quantitative estimate of drug-likeness (QED) is 0.630. The van der Waals surface area contributed by atoms with Crippen LogP contribution in [0.3, 0.4) is 0 Å². The first-order chi connectivity index (χ1) is 14.0. The van der Waals surface area contributed by atoms with E-state index in [2.05, 4.69) is 16.7 Å². The minimum atomic E-state index is -0.191. The van der Waals surface area contributed by atoms with Crippen LogP contribution in [0.25, 0.3) is 0 Å². The maximum Gasteiger partial charge on any atom is 0.253 e. The fraction of sp³-hybridized carbons (Fsp3) is 0.200. The molecular weight excluding hydrogens is 360 g/mol. The molecule has 0 unspecified atom stereocenters. The molecule has 0 aliphatic carbocycles. The van der Waals surface area contributed by atoms with Crippen molar-refractivity contribution in [1.82, 2.24) is 5.32 Å². The molecule has 148 valence electrons. The Morgan fingerprint density at radius 3 is 2.34 bits per heavy atom. The van der Waals surface area contributed by atoms with Crippen molar-refractivity contribution in [3.63, 3.8) is 0 Å². The number of rotatable bonds is 7. The number of anilines is 1. The number of hydrogen-bond donors (Lipinski definition) is 2. The molecule has 0 saturated carbocycles. The zero-order valence-corrected chi connectivity index (χ0v) is 16.9. The van der Waals surface area contributed by atoms with E-state index in [0.717, 1.165) is 17.5 Å². The zero-order chi connectivity index (χ0) is 20.6. The molecule has 0 atom stereocenters. The molecule has 2 amide bonds. The summed E-state index contributed by atoms with van der Waals surface area (Å²) in [5, 5.41) is 5.83. The smallest absolute Gasteiger partial charge is 0.253 e. The largest absolute Gasteiger partial charge is 0.352 e. The minimum Gasteiger partial charge on any atom is -0.352 e. The number of aryl methyl sites for hydroxylation is 2. The Hall–Kier alpha value is -3.40. The highest BCUT2D eigenvalue weighted by Crippen LogP contribution is 2.17. The summed E-state index contributed by atoms with van der Waals surface area (Å²) in [4.78, 5) is 25.2. The van der Waals surface area contributed by atoms with Gasteiger partial charge in [-0.15, -0.1) is 0 Å². The van der Waals surface area contributed by atoms with Crippen molar-refractivity contribution in [3.8, 4) is 0 Å². The van der Waals surface area contributed by atoms with E-state index in [0.29, 0.717) is 17.8 Å². The second-order valence-electron chi connectivity index (χ2n) is 7.19. The van der Waals surface area contributed by atoms with Crippen molar-refractivity contribution in [1.29, 1.82) is 0 Å². The van der Waals surface area contributed by atoms with E-state index in [1.807, 2.05) is 62.4 Å². The molecule has 3 aromatic carbocycles. The molecule has 4 heteroatoms. The van der Waals surface area contributed by atoms with Gasteiger partial charge in [-0.1, -0.05) is 66.2 Å². The predicted molar refractivity (Wildman–Crippen MR) is 117 cm³/mol. The Kier molecular flexibility index (Phi) is 6.80. The number of nitrogens with one attached hydrogen (secondary N) is 2. The highest BCUT2D eigenvalue weighted by atomic mass is 16.2. The SMILES string of the molecule is Cc1ccc(CC(=O)Nc2ccccc2C(=O)NCCc2ccccc2)c(C)c1. The van der Waals surface area contributed by atoms with E-state index in [1.54, 1.807) is 18.2 Å². The molecule has 0 fully saturated rings. The van der Waals surface area contributed by atoms with Crippen molar-refractivity contribution in [2.24, 2.45) is 0 Å². The summed E-state index contributed by atoms with van der Waals surface area (Å²) in [6.45, 7) is 4.57. The Morgan fingerprint density at radius 2 is 1.59 bits per heavy atom. The predicted octanol–water partition coefficient (Wildman–Crippen LogP) is 4.46. The molecule has 0 bridgehead atoms. The van der Waals surface area contributed by atoms with Gasteiger partial charge in [-0.3, -0.25) is 9.59 Å². The molecular formula is C25H26N2O2. The molecule has 29 heavy (non-hydrogen) atoms. The molecule has 0 spiro atoms. The van der Waals surface area contributed by atoms with Gasteiger partial charge in [0.2, 0.25) is 5.91 Å². The topological polar surface area (TPSA) is 58.2 Å². The van der Waals surface area contributed by atoms with Gasteiger partial charge in [-0.25, -0.2) is 0 Å². The lowest BCUT2D eigenvalue weighted by molar-refractivity contribution is -0.115. The van der Waals surface area contributed by atoms with Crippen LogP contribution in [0.2, 0.25) is 0 Å². The molecule has 0 aliphatic heterocycles. The minimum absolute atomic E-state index is 0.138. The Balaban J connectivity index is 1.61. The first kappa shape index (κ1) is 20.3. The van der Waals surface area contributed by atoms with E-state index < -0.39 is 0 Å². The summed E-state index contributed by atoms with van der Waals surface area (Å²) >= 11 is 0. The van der Waals surface area contributed by atoms with Gasteiger partial charge in [0.1, 0.15) is 0 Å². The van der Waals surface area contributed by atoms with Crippen molar-refractivity contribution in [3.05, 3.63) is 101 Å². The summed E-state index contributed by atoms with van der Waals surface area (Å²) in [6, 6.07) is 23.2. The van der Waals surface area contributed by atoms with Crippen molar-refractivity contribution >= 4 is 17.5 Å². The summed E-state index contributed by atoms with van der Waals surface area (Å²) in [7, 11) is 0. The maximum absolute atomic E-state index is 12.6. The third kappa shape index (κ3) is 5.79. The zero-order valence-electron chi connectivity index (χ0n) is 16.9. The number of benzene rings is 3. The third-order valence-corrected chi connectivity index (χ3v) is 4.84. The molecule has 3 rings (SSSR count). The summed E-state index contributed by atoms with van der Waals surface area (Å²) < 4.78 is 0. The number of carbonyl (C=O) groups is 2. The fourth-order valence-corrected chi connectivity index (χ4v) is 3.26. The van der Waals surface area contributed by atoms with E-state index in [1.165, 1.54) is 11.1 Å². The van der Waals surface area contributed by atoms with Gasteiger partial charge >= 0.3 is 0 Å². The fourth-order valence-electron chi connectivity index (χ4n) is 3.26. The second kappa shape index (κ2) is 9.69. The Labute approximate surface area is 172 Å². The van der Waals surface area contributed by atoms with Crippen molar-refractivity contribution in [2.75, 3.05) is 11.9 Å². The standard InChI is InChI=1S/C25H26N2O2/c1-18-12-13-21(19(2)16-18)17-24(28)27-23-11-7-6-10-22(23)25(29)26-15-14-20-8-4-3-5-9-20/h3-13,16H,14-15,17H2,1-2H3,(H,26,29)(H,27,28). The number of hydrogen-bond acceptors (Lipinski definition) is 2. The third-order valence-electron chi connectivity index (χ3n) is 4.84. The molecule has 0 radical (unpaired) electrons. The van der Waals surface area contributed by atoms with E-state index in [9.17, 15) is 9.59 Å². The van der Waals surface area contributed by atoms with Crippen LogP contribution in [0, 0.1) is 13.8 Å². The summed E-state index contributed by atoms with van der Waals surface area (Å²) in [5.41, 5.74) is 5.41. The van der Waals surface area contributed by atoms with Crippen LogP contribution >= 0.6 is 0 Å². The average molecular weight is 386 g/mol. The van der Waals surface area contributed by atoms with Crippen LogP contribution in [-0.2, 0) is 17.6 Å². The molecule has 3 aromatic rings. The molecule has 2 N–H and O–H groups in total. The number of amides is 2. The van der Waals surface area contributed by atoms with Gasteiger partial charge in [-0.2, -0.15) is 0 Å². The van der Waals surface area contributed by atoms with Crippen LogP contribution in [0.5, 0.6) is 0 Å². The van der Waals surface area contributed by atoms with E-state index >= 15 is 0 Å². The van der Waals surface area contributed by atoms with Crippen molar-refractivity contribution < 1.29 is 9.59 Å². The van der Waals surface area contributed by atoms with Gasteiger partial charge in [0.15, 0.2) is 0 Å². The van der Waals surface area contributed by atoms with Crippen LogP contribution in [0.1, 0.15) is 32.6 Å². The second-order valence-corrected chi connectivity index (χ2v) is 7.19. The highest BCUT2D eigenvalue weighted by Gasteiger charge is 2.13. The van der Waals surface area contributed by atoms with Crippen LogP contribution in [0.15, 0.2) is 72.8 Å². The van der Waals surface area contributed by atoms with Crippen LogP contribution in [-0.4, -0.2) is 18.4 Å². The lowest BCUT2D eigenvalue weighted by atomic mass is 10.0. The van der Waals surface area contributed by atoms with Crippen LogP contribution in [0.4, 0.5) is 5.69 Å². The first-order valence-corrected chi connectivity index (χ1v) is 9.80. The normalized spacial score (nSPS) is 10.4. The molecule has 0 aromatic heterocycles. The Morgan fingerprint density at radius 1 is 0.862 bits per heavy atom. The lowest BCUT2D eigenvalue weighted by Gasteiger charge is -2.12. The van der Waals surface area contributed by atoms with Gasteiger partial charge in [0, 0.05) is 6.54 Å². The average Bonchev–Trinajstić information content (AvgIpc) is 2.71. The van der Waals surface area contributed by atoms with E-state index in [4.69, 9.17) is 0 Å². The highest BCUT2D eigenvalue weighted by molar-refractivity contribution is 6.04. The Bertz CT molecular complexity index is 997. The lowest BCUT2D eigenvalue weighted by Crippen LogP contribution is -2.27. The summed E-state index contributed by atoms with van der Waals surface area (Å²) in [6.07, 6.45) is 1.03. The van der Waals surface area contributed by atoms with Crippen molar-refractivity contribution in [2.45, 2.75) is 26.7 Å². The van der Waals surface area contributed by atoms with Gasteiger partial charge < -0.3 is 10.6 Å². The molecule has 4 nitrogen and oxygen atoms in total. The molecule has 0 saturated heterocycles. The molecule has 0 aliphatic rings. The number of carbonyl (C=O) groups excluding carboxylic acids is 2. The summed E-state index contributed by atoms with van der Waals surface area (Å²) in [5.74, 6) is -0.329. The monoisotopic (exact) mass is 386 g/mol. The maximum atomic E-state index is 12.6. The van der Waals surface area contributed by atoms with Gasteiger partial charge in [0.05, 0.1) is 17.7 Å². The number of para-hydroxylation sites is 1. The van der Waals surface area contributed by atoms with Gasteiger partial charge in [-0.05, 0) is 49.1 Å². The van der Waals surface area contributed by atoms with Gasteiger partial charge in [0.25, 0.3) is 5.91 Å². The first-order valence-electron chi connectivity index (χ1n) is 9.80. The molecule has 0 heterocycles.